The summed E-state index contributed by atoms with van der Waals surface area (Å²) < 4.78 is 0. The van der Waals surface area contributed by atoms with Crippen LogP contribution >= 0.6 is 0 Å². The summed E-state index contributed by atoms with van der Waals surface area (Å²) in [4.78, 5) is 35.9. The van der Waals surface area contributed by atoms with Gasteiger partial charge in [0.05, 0.1) is 11.1 Å². The Balaban J connectivity index is 1.42. The van der Waals surface area contributed by atoms with Crippen LogP contribution in [0.3, 0.4) is 0 Å². The third-order valence-electron chi connectivity index (χ3n) is 5.10. The maximum atomic E-state index is 12.5. The standard InChI is InChI=1S/C24H21N3O3/c28-22-20-12-11-19(14-21(20)23(29)27-22)26-24(30)25-15-18(17-9-5-2-6-10-17)13-16-7-3-1-4-8-16/h1-12,14,18H,13,15H2,(H2,25,26,30)(H,27,28,29). The Bertz CT molecular complexity index is 1080. The molecule has 6 nitrogen and oxygen atoms in total. The minimum Gasteiger partial charge on any atom is -0.337 e. The van der Waals surface area contributed by atoms with Gasteiger partial charge in [-0.3, -0.25) is 14.9 Å². The molecular formula is C24H21N3O3. The van der Waals surface area contributed by atoms with Gasteiger partial charge in [-0.25, -0.2) is 4.79 Å². The predicted octanol–water partition coefficient (Wildman–Crippen LogP) is 3.72. The number of rotatable bonds is 6. The third kappa shape index (κ3) is 4.38. The maximum Gasteiger partial charge on any atom is 0.319 e. The van der Waals surface area contributed by atoms with E-state index in [1.807, 2.05) is 36.4 Å². The van der Waals surface area contributed by atoms with Crippen LogP contribution in [0.2, 0.25) is 0 Å². The second kappa shape index (κ2) is 8.61. The van der Waals surface area contributed by atoms with Gasteiger partial charge in [0.1, 0.15) is 0 Å². The fourth-order valence-electron chi connectivity index (χ4n) is 3.57. The minimum atomic E-state index is -0.453. The molecule has 6 heteroatoms. The van der Waals surface area contributed by atoms with Crippen molar-refractivity contribution < 1.29 is 14.4 Å². The van der Waals surface area contributed by atoms with E-state index in [1.165, 1.54) is 17.7 Å². The number of nitrogens with one attached hydrogen (secondary N) is 3. The van der Waals surface area contributed by atoms with E-state index in [0.717, 1.165) is 12.0 Å². The van der Waals surface area contributed by atoms with Crippen LogP contribution in [0.5, 0.6) is 0 Å². The first-order valence-electron chi connectivity index (χ1n) is 9.73. The zero-order valence-corrected chi connectivity index (χ0v) is 16.2. The summed E-state index contributed by atoms with van der Waals surface area (Å²) in [7, 11) is 0. The Morgan fingerprint density at radius 1 is 0.833 bits per heavy atom. The number of imide groups is 1. The van der Waals surface area contributed by atoms with E-state index in [4.69, 9.17) is 0 Å². The summed E-state index contributed by atoms with van der Waals surface area (Å²) in [5.41, 5.74) is 3.38. The van der Waals surface area contributed by atoms with E-state index < -0.39 is 11.8 Å². The van der Waals surface area contributed by atoms with Crippen molar-refractivity contribution in [2.75, 3.05) is 11.9 Å². The van der Waals surface area contributed by atoms with Crippen molar-refractivity contribution in [3.8, 4) is 0 Å². The van der Waals surface area contributed by atoms with Crippen LogP contribution in [-0.4, -0.2) is 24.4 Å². The molecule has 0 spiro atoms. The number of benzene rings is 3. The molecule has 0 fully saturated rings. The molecule has 3 aromatic carbocycles. The van der Waals surface area contributed by atoms with Crippen LogP contribution in [0.4, 0.5) is 10.5 Å². The number of anilines is 1. The third-order valence-corrected chi connectivity index (χ3v) is 5.10. The molecule has 30 heavy (non-hydrogen) atoms. The summed E-state index contributed by atoms with van der Waals surface area (Å²) in [6.07, 6.45) is 0.798. The van der Waals surface area contributed by atoms with Crippen LogP contribution < -0.4 is 16.0 Å². The van der Waals surface area contributed by atoms with Crippen molar-refractivity contribution >= 4 is 23.5 Å². The first-order chi connectivity index (χ1) is 14.6. The number of urea groups is 1. The van der Waals surface area contributed by atoms with Crippen molar-refractivity contribution in [2.24, 2.45) is 0 Å². The van der Waals surface area contributed by atoms with E-state index >= 15 is 0 Å². The topological polar surface area (TPSA) is 87.3 Å². The van der Waals surface area contributed by atoms with E-state index in [0.29, 0.717) is 17.8 Å². The molecule has 1 unspecified atom stereocenters. The average molecular weight is 399 g/mol. The molecule has 1 aliphatic heterocycles. The molecule has 150 valence electrons. The SMILES string of the molecule is O=C(NCC(Cc1ccccc1)c1ccccc1)Nc1ccc2c(c1)C(=O)NC2=O. The maximum absolute atomic E-state index is 12.5. The van der Waals surface area contributed by atoms with Gasteiger partial charge in [0.25, 0.3) is 11.8 Å². The van der Waals surface area contributed by atoms with Gasteiger partial charge in [-0.1, -0.05) is 60.7 Å². The summed E-state index contributed by atoms with van der Waals surface area (Å²) in [5.74, 6) is -0.758. The summed E-state index contributed by atoms with van der Waals surface area (Å²) in [5, 5.41) is 7.89. The zero-order valence-electron chi connectivity index (χ0n) is 16.2. The van der Waals surface area contributed by atoms with E-state index in [9.17, 15) is 14.4 Å². The molecule has 0 saturated carbocycles. The van der Waals surface area contributed by atoms with Gasteiger partial charge in [0, 0.05) is 18.2 Å². The molecule has 3 aromatic rings. The number of hydrogen-bond acceptors (Lipinski definition) is 3. The molecule has 0 aromatic heterocycles. The lowest BCUT2D eigenvalue weighted by molar-refractivity contribution is 0.0879. The second-order valence-electron chi connectivity index (χ2n) is 7.18. The Morgan fingerprint density at radius 2 is 1.50 bits per heavy atom. The molecule has 0 saturated heterocycles. The van der Waals surface area contributed by atoms with Crippen LogP contribution in [-0.2, 0) is 6.42 Å². The van der Waals surface area contributed by atoms with Gasteiger partial charge in [0.15, 0.2) is 0 Å². The minimum absolute atomic E-state index is 0.114. The predicted molar refractivity (Wildman–Crippen MR) is 115 cm³/mol. The lowest BCUT2D eigenvalue weighted by atomic mass is 9.92. The van der Waals surface area contributed by atoms with Gasteiger partial charge in [-0.15, -0.1) is 0 Å². The molecule has 4 rings (SSSR count). The molecule has 3 N–H and O–H groups in total. The summed E-state index contributed by atoms with van der Waals surface area (Å²) >= 11 is 0. The fourth-order valence-corrected chi connectivity index (χ4v) is 3.57. The highest BCUT2D eigenvalue weighted by Gasteiger charge is 2.26. The van der Waals surface area contributed by atoms with Gasteiger partial charge >= 0.3 is 6.03 Å². The number of carbonyl (C=O) groups excluding carboxylic acids is 3. The molecule has 0 radical (unpaired) electrons. The van der Waals surface area contributed by atoms with E-state index in [-0.39, 0.29) is 17.5 Å². The number of fused-ring (bicyclic) bond motifs is 1. The van der Waals surface area contributed by atoms with E-state index in [2.05, 4.69) is 40.2 Å². The largest absolute Gasteiger partial charge is 0.337 e. The van der Waals surface area contributed by atoms with Gasteiger partial charge < -0.3 is 10.6 Å². The Labute approximate surface area is 174 Å². The normalized spacial score (nSPS) is 13.3. The monoisotopic (exact) mass is 399 g/mol. The smallest absolute Gasteiger partial charge is 0.319 e. The van der Waals surface area contributed by atoms with E-state index in [1.54, 1.807) is 6.07 Å². The Hall–Kier alpha value is -3.93. The van der Waals surface area contributed by atoms with Crippen molar-refractivity contribution in [3.05, 3.63) is 101 Å². The fraction of sp³-hybridized carbons (Fsp3) is 0.125. The Kier molecular flexibility index (Phi) is 5.57. The molecule has 1 heterocycles. The zero-order chi connectivity index (χ0) is 20.9. The number of amides is 4. The van der Waals surface area contributed by atoms with Crippen molar-refractivity contribution in [3.63, 3.8) is 0 Å². The second-order valence-corrected chi connectivity index (χ2v) is 7.18. The van der Waals surface area contributed by atoms with Crippen LogP contribution in [0.25, 0.3) is 0 Å². The number of hydrogen-bond donors (Lipinski definition) is 3. The highest BCUT2D eigenvalue weighted by Crippen LogP contribution is 2.22. The lowest BCUT2D eigenvalue weighted by Gasteiger charge is -2.19. The molecular weight excluding hydrogens is 378 g/mol. The highest BCUT2D eigenvalue weighted by atomic mass is 16.2. The average Bonchev–Trinajstić information content (AvgIpc) is 3.05. The van der Waals surface area contributed by atoms with Crippen molar-refractivity contribution in [2.45, 2.75) is 12.3 Å². The first-order valence-corrected chi connectivity index (χ1v) is 9.73. The molecule has 0 aliphatic carbocycles. The van der Waals surface area contributed by atoms with Crippen molar-refractivity contribution in [1.82, 2.24) is 10.6 Å². The molecule has 4 amide bonds. The van der Waals surface area contributed by atoms with Crippen LogP contribution in [0.1, 0.15) is 37.8 Å². The van der Waals surface area contributed by atoms with Gasteiger partial charge in [0.2, 0.25) is 0 Å². The summed E-state index contributed by atoms with van der Waals surface area (Å²) in [6, 6.07) is 24.5. The van der Waals surface area contributed by atoms with Gasteiger partial charge in [-0.05, 0) is 35.7 Å². The molecule has 0 bridgehead atoms. The first kappa shape index (κ1) is 19.4. The van der Waals surface area contributed by atoms with Crippen molar-refractivity contribution in [1.29, 1.82) is 0 Å². The molecule has 1 aliphatic rings. The molecule has 1 atom stereocenters. The quantitative estimate of drug-likeness (QED) is 0.552. The summed E-state index contributed by atoms with van der Waals surface area (Å²) in [6.45, 7) is 0.453. The number of carbonyl (C=O) groups is 3. The van der Waals surface area contributed by atoms with Crippen LogP contribution in [0, 0.1) is 0 Å². The lowest BCUT2D eigenvalue weighted by Crippen LogP contribution is -2.33. The van der Waals surface area contributed by atoms with Crippen LogP contribution in [0.15, 0.2) is 78.9 Å². The van der Waals surface area contributed by atoms with Gasteiger partial charge in [-0.2, -0.15) is 0 Å². The highest BCUT2D eigenvalue weighted by molar-refractivity contribution is 6.22. The Morgan fingerprint density at radius 3 is 2.23 bits per heavy atom.